The van der Waals surface area contributed by atoms with E-state index in [9.17, 15) is 0 Å². The van der Waals surface area contributed by atoms with Crippen LogP contribution in [0, 0.1) is 0 Å². The average molecular weight is 706 g/mol. The lowest BCUT2D eigenvalue weighted by atomic mass is 9.96. The van der Waals surface area contributed by atoms with Gasteiger partial charge in [0.25, 0.3) is 0 Å². The Balaban J connectivity index is 1.21. The number of para-hydroxylation sites is 2. The van der Waals surface area contributed by atoms with Crippen LogP contribution in [0.15, 0.2) is 198 Å². The van der Waals surface area contributed by atoms with Gasteiger partial charge in [-0.2, -0.15) is 0 Å². The van der Waals surface area contributed by atoms with E-state index in [4.69, 9.17) is 9.97 Å². The highest BCUT2D eigenvalue weighted by molar-refractivity contribution is 7.99. The lowest BCUT2D eigenvalue weighted by Gasteiger charge is -2.16. The summed E-state index contributed by atoms with van der Waals surface area (Å²) in [6.07, 6.45) is 0. The first-order valence-electron chi connectivity index (χ1n) is 18.3. The predicted octanol–water partition coefficient (Wildman–Crippen LogP) is 13.5. The third-order valence-electron chi connectivity index (χ3n) is 10.6. The monoisotopic (exact) mass is 705 g/mol. The molecule has 3 heterocycles. The summed E-state index contributed by atoms with van der Waals surface area (Å²) in [5.74, 6) is 0.649. The molecule has 0 spiro atoms. The smallest absolute Gasteiger partial charge is 0.235 e. The molecule has 252 valence electrons. The Bertz CT molecular complexity index is 3070. The van der Waals surface area contributed by atoms with Crippen molar-refractivity contribution in [2.24, 2.45) is 0 Å². The highest BCUT2D eigenvalue weighted by Crippen LogP contribution is 2.53. The Morgan fingerprint density at radius 3 is 1.81 bits per heavy atom. The van der Waals surface area contributed by atoms with Crippen molar-refractivity contribution in [3.8, 4) is 61.8 Å². The van der Waals surface area contributed by atoms with Gasteiger partial charge in [0.2, 0.25) is 5.95 Å². The second-order valence-electron chi connectivity index (χ2n) is 13.7. The first-order valence-corrected chi connectivity index (χ1v) is 19.1. The van der Waals surface area contributed by atoms with Crippen LogP contribution in [0.4, 0.5) is 0 Å². The lowest BCUT2D eigenvalue weighted by molar-refractivity contribution is 0.989. The number of rotatable bonds is 4. The topological polar surface area (TPSA) is 30.7 Å². The molecule has 54 heavy (non-hydrogen) atoms. The summed E-state index contributed by atoms with van der Waals surface area (Å²) in [4.78, 5) is 13.4. The summed E-state index contributed by atoms with van der Waals surface area (Å²) >= 11 is 1.83. The van der Waals surface area contributed by atoms with Crippen molar-refractivity contribution in [2.45, 2.75) is 9.79 Å². The molecule has 1 aliphatic heterocycles. The van der Waals surface area contributed by atoms with Crippen LogP contribution in [-0.4, -0.2) is 14.5 Å². The van der Waals surface area contributed by atoms with Gasteiger partial charge in [-0.25, -0.2) is 9.97 Å². The zero-order chi connectivity index (χ0) is 35.6. The van der Waals surface area contributed by atoms with Gasteiger partial charge in [0, 0.05) is 42.8 Å². The van der Waals surface area contributed by atoms with E-state index in [0.717, 1.165) is 44.5 Å². The van der Waals surface area contributed by atoms with Crippen molar-refractivity contribution in [2.75, 3.05) is 0 Å². The summed E-state index contributed by atoms with van der Waals surface area (Å²) in [5, 5.41) is 4.68. The van der Waals surface area contributed by atoms with Crippen LogP contribution < -0.4 is 0 Å². The van der Waals surface area contributed by atoms with Crippen LogP contribution in [0.25, 0.3) is 94.4 Å². The molecule has 3 nitrogen and oxygen atoms in total. The number of hydrogen-bond donors (Lipinski definition) is 0. The molecule has 11 rings (SSSR count). The summed E-state index contributed by atoms with van der Waals surface area (Å²) in [5.41, 5.74) is 13.3. The number of nitrogens with zero attached hydrogens (tertiary/aromatic N) is 3. The molecule has 0 saturated carbocycles. The van der Waals surface area contributed by atoms with Gasteiger partial charge in [-0.3, -0.25) is 4.57 Å². The van der Waals surface area contributed by atoms with Gasteiger partial charge < -0.3 is 0 Å². The Kier molecular flexibility index (Phi) is 7.10. The molecule has 0 aliphatic carbocycles. The van der Waals surface area contributed by atoms with Crippen molar-refractivity contribution in [3.63, 3.8) is 0 Å². The van der Waals surface area contributed by atoms with Gasteiger partial charge >= 0.3 is 0 Å². The zero-order valence-electron chi connectivity index (χ0n) is 29.1. The van der Waals surface area contributed by atoms with Crippen LogP contribution in [0.3, 0.4) is 0 Å². The highest BCUT2D eigenvalue weighted by atomic mass is 32.2. The number of aromatic nitrogens is 3. The third-order valence-corrected chi connectivity index (χ3v) is 11.8. The van der Waals surface area contributed by atoms with Crippen molar-refractivity contribution in [3.05, 3.63) is 188 Å². The van der Waals surface area contributed by atoms with Crippen LogP contribution >= 0.6 is 11.8 Å². The number of benzene rings is 8. The maximum absolute atomic E-state index is 5.56. The molecule has 0 atom stereocenters. The van der Waals surface area contributed by atoms with Crippen LogP contribution in [0.5, 0.6) is 0 Å². The SMILES string of the molecule is c1ccc(-c2cccc3c4c(n(-c5nc(-c6ccc(-c7cccc8ccccc78)cc6)c6ccccc6n5)c23)-c2ccccc2Sc2ccccc2-4)cc1. The van der Waals surface area contributed by atoms with Crippen molar-refractivity contribution >= 4 is 44.3 Å². The Morgan fingerprint density at radius 1 is 0.389 bits per heavy atom. The van der Waals surface area contributed by atoms with Gasteiger partial charge in [-0.15, -0.1) is 0 Å². The minimum Gasteiger partial charge on any atom is -0.277 e. The Morgan fingerprint density at radius 2 is 0.963 bits per heavy atom. The summed E-state index contributed by atoms with van der Waals surface area (Å²) in [6, 6.07) is 67.3. The van der Waals surface area contributed by atoms with Crippen molar-refractivity contribution in [1.82, 2.24) is 14.5 Å². The molecule has 0 radical (unpaired) electrons. The van der Waals surface area contributed by atoms with E-state index in [1.165, 1.54) is 53.8 Å². The minimum absolute atomic E-state index is 0.649. The van der Waals surface area contributed by atoms with Crippen molar-refractivity contribution in [1.29, 1.82) is 0 Å². The van der Waals surface area contributed by atoms with Crippen LogP contribution in [-0.2, 0) is 0 Å². The van der Waals surface area contributed by atoms with E-state index in [-0.39, 0.29) is 0 Å². The van der Waals surface area contributed by atoms with E-state index in [1.807, 2.05) is 11.8 Å². The third kappa shape index (κ3) is 4.84. The van der Waals surface area contributed by atoms with E-state index < -0.39 is 0 Å². The maximum atomic E-state index is 5.56. The molecule has 0 amide bonds. The van der Waals surface area contributed by atoms with Crippen LogP contribution in [0.2, 0.25) is 0 Å². The molecule has 8 aromatic carbocycles. The minimum atomic E-state index is 0.649. The molecular weight excluding hydrogens is 675 g/mol. The molecule has 2 aromatic heterocycles. The first-order chi connectivity index (χ1) is 26.8. The molecule has 1 aliphatic rings. The second-order valence-corrected chi connectivity index (χ2v) is 14.8. The van der Waals surface area contributed by atoms with E-state index >= 15 is 0 Å². The number of fused-ring (bicyclic) bond motifs is 9. The molecule has 0 saturated heterocycles. The van der Waals surface area contributed by atoms with E-state index in [0.29, 0.717) is 5.95 Å². The molecule has 0 bridgehead atoms. The van der Waals surface area contributed by atoms with E-state index in [1.54, 1.807) is 0 Å². The fourth-order valence-corrected chi connectivity index (χ4v) is 9.30. The number of hydrogen-bond acceptors (Lipinski definition) is 3. The Labute approximate surface area is 317 Å². The average Bonchev–Trinajstić information content (AvgIpc) is 3.51. The fraction of sp³-hybridized carbons (Fsp3) is 0. The molecule has 10 aromatic rings. The van der Waals surface area contributed by atoms with Gasteiger partial charge in [0.1, 0.15) is 0 Å². The molecule has 4 heteroatoms. The predicted molar refractivity (Wildman–Crippen MR) is 225 cm³/mol. The fourth-order valence-electron chi connectivity index (χ4n) is 8.22. The lowest BCUT2D eigenvalue weighted by Crippen LogP contribution is -2.06. The van der Waals surface area contributed by atoms with Gasteiger partial charge in [-0.1, -0.05) is 182 Å². The molecule has 0 unspecified atom stereocenters. The van der Waals surface area contributed by atoms with Gasteiger partial charge in [-0.05, 0) is 51.2 Å². The highest BCUT2D eigenvalue weighted by Gasteiger charge is 2.30. The normalized spacial score (nSPS) is 12.0. The Hall–Kier alpha value is -6.75. The summed E-state index contributed by atoms with van der Waals surface area (Å²) < 4.78 is 2.34. The van der Waals surface area contributed by atoms with Gasteiger partial charge in [0.15, 0.2) is 0 Å². The summed E-state index contributed by atoms with van der Waals surface area (Å²) in [6.45, 7) is 0. The van der Waals surface area contributed by atoms with Gasteiger partial charge in [0.05, 0.1) is 22.4 Å². The second kappa shape index (κ2) is 12.4. The molecular formula is C50H31N3S. The van der Waals surface area contributed by atoms with Crippen LogP contribution in [0.1, 0.15) is 0 Å². The zero-order valence-corrected chi connectivity index (χ0v) is 30.0. The maximum Gasteiger partial charge on any atom is 0.235 e. The standard InChI is InChI=1S/C50H31N3S/c1-2-14-33(15-3-1)38-23-13-24-42-46-40-20-7-10-26-44(40)54-45-27-11-8-21-41(45)49(46)53(48(38)42)50-51-43-25-9-6-19-39(43)47(52-50)35-30-28-34(29-31-35)37-22-12-17-32-16-4-5-18-36(32)37/h1-31H. The molecule has 0 fully saturated rings. The largest absolute Gasteiger partial charge is 0.277 e. The quantitative estimate of drug-likeness (QED) is 0.183. The van der Waals surface area contributed by atoms with Crippen molar-refractivity contribution < 1.29 is 0 Å². The summed E-state index contributed by atoms with van der Waals surface area (Å²) in [7, 11) is 0. The first kappa shape index (κ1) is 30.8. The van der Waals surface area contributed by atoms with E-state index in [2.05, 4.69) is 193 Å². The molecule has 0 N–H and O–H groups in total.